The van der Waals surface area contributed by atoms with Gasteiger partial charge in [-0.2, -0.15) is 0 Å². The molecule has 2 amide bonds. The standard InChI is InChI=1S/C20H27N5O2S/c1-14(20-22-16-4-2-3-5-17(16)23-20)28-13-19(27)25-10-8-24(9-11-25)12-18(26)21-15-6-7-15/h2-5,14-15H,6-13H2,1H3,(H,21,26)(H,22,23). The molecule has 0 bridgehead atoms. The summed E-state index contributed by atoms with van der Waals surface area (Å²) in [6.07, 6.45) is 2.22. The molecule has 1 aromatic carbocycles. The number of hydrogen-bond acceptors (Lipinski definition) is 5. The molecular weight excluding hydrogens is 374 g/mol. The first-order valence-electron chi connectivity index (χ1n) is 9.94. The zero-order chi connectivity index (χ0) is 19.5. The van der Waals surface area contributed by atoms with Crippen LogP contribution >= 0.6 is 11.8 Å². The zero-order valence-corrected chi connectivity index (χ0v) is 17.0. The number of fused-ring (bicyclic) bond motifs is 1. The summed E-state index contributed by atoms with van der Waals surface area (Å²) in [6, 6.07) is 8.37. The van der Waals surface area contributed by atoms with Crippen LogP contribution in [0, 0.1) is 0 Å². The molecule has 8 heteroatoms. The van der Waals surface area contributed by atoms with Gasteiger partial charge in [-0.1, -0.05) is 12.1 Å². The summed E-state index contributed by atoms with van der Waals surface area (Å²) in [4.78, 5) is 36.5. The van der Waals surface area contributed by atoms with Crippen LogP contribution in [0.25, 0.3) is 11.0 Å². The number of amides is 2. The van der Waals surface area contributed by atoms with E-state index in [0.29, 0.717) is 31.4 Å². The van der Waals surface area contributed by atoms with Crippen molar-refractivity contribution in [2.45, 2.75) is 31.1 Å². The van der Waals surface area contributed by atoms with Gasteiger partial charge in [-0.3, -0.25) is 14.5 Å². The Morgan fingerprint density at radius 1 is 1.25 bits per heavy atom. The van der Waals surface area contributed by atoms with Gasteiger partial charge in [0, 0.05) is 32.2 Å². The molecule has 2 fully saturated rings. The molecule has 1 saturated heterocycles. The second-order valence-corrected chi connectivity index (χ2v) is 8.92. The third kappa shape index (κ3) is 4.86. The number of benzene rings is 1. The van der Waals surface area contributed by atoms with Crippen molar-refractivity contribution in [3.8, 4) is 0 Å². The Morgan fingerprint density at radius 3 is 2.71 bits per heavy atom. The van der Waals surface area contributed by atoms with Gasteiger partial charge < -0.3 is 15.2 Å². The number of carbonyl (C=O) groups excluding carboxylic acids is 2. The minimum atomic E-state index is 0.109. The molecule has 7 nitrogen and oxygen atoms in total. The fourth-order valence-electron chi connectivity index (χ4n) is 3.39. The van der Waals surface area contributed by atoms with Crippen LogP contribution in [-0.2, 0) is 9.59 Å². The monoisotopic (exact) mass is 401 g/mol. The van der Waals surface area contributed by atoms with E-state index in [1.54, 1.807) is 11.8 Å². The van der Waals surface area contributed by atoms with Crippen molar-refractivity contribution in [2.75, 3.05) is 38.5 Å². The van der Waals surface area contributed by atoms with E-state index >= 15 is 0 Å². The molecule has 1 saturated carbocycles. The van der Waals surface area contributed by atoms with Crippen LogP contribution < -0.4 is 5.32 Å². The number of rotatable bonds is 7. The van der Waals surface area contributed by atoms with Crippen molar-refractivity contribution in [1.29, 1.82) is 0 Å². The normalized spacial score (nSPS) is 19.0. The summed E-state index contributed by atoms with van der Waals surface area (Å²) < 4.78 is 0. The smallest absolute Gasteiger partial charge is 0.234 e. The van der Waals surface area contributed by atoms with Crippen molar-refractivity contribution >= 4 is 34.6 Å². The third-order valence-corrected chi connectivity index (χ3v) is 6.42. The number of hydrogen-bond donors (Lipinski definition) is 2. The van der Waals surface area contributed by atoms with Gasteiger partial charge in [0.05, 0.1) is 28.6 Å². The van der Waals surface area contributed by atoms with Crippen LogP contribution in [0.4, 0.5) is 0 Å². The highest BCUT2D eigenvalue weighted by atomic mass is 32.2. The first-order chi connectivity index (χ1) is 13.6. The number of para-hydroxylation sites is 2. The van der Waals surface area contributed by atoms with Gasteiger partial charge in [-0.25, -0.2) is 4.98 Å². The second-order valence-electron chi connectivity index (χ2n) is 7.59. The summed E-state index contributed by atoms with van der Waals surface area (Å²) >= 11 is 1.61. The molecule has 0 radical (unpaired) electrons. The molecule has 2 N–H and O–H groups in total. The number of H-pyrrole nitrogens is 1. The molecule has 1 unspecified atom stereocenters. The molecule has 1 aromatic heterocycles. The van der Waals surface area contributed by atoms with Crippen molar-refractivity contribution in [2.24, 2.45) is 0 Å². The van der Waals surface area contributed by atoms with Gasteiger partial charge in [0.2, 0.25) is 11.8 Å². The van der Waals surface area contributed by atoms with Crippen molar-refractivity contribution < 1.29 is 9.59 Å². The molecule has 150 valence electrons. The minimum absolute atomic E-state index is 0.109. The van der Waals surface area contributed by atoms with E-state index in [-0.39, 0.29) is 17.1 Å². The Kier molecular flexibility index (Phi) is 5.87. The highest BCUT2D eigenvalue weighted by Gasteiger charge is 2.26. The number of nitrogens with one attached hydrogen (secondary N) is 2. The molecule has 0 spiro atoms. The Hall–Kier alpha value is -2.06. The molecule has 2 heterocycles. The van der Waals surface area contributed by atoms with Gasteiger partial charge in [0.25, 0.3) is 0 Å². The van der Waals surface area contributed by atoms with Gasteiger partial charge in [0.1, 0.15) is 5.82 Å². The van der Waals surface area contributed by atoms with E-state index in [1.165, 1.54) is 0 Å². The average molecular weight is 402 g/mol. The van der Waals surface area contributed by atoms with E-state index in [9.17, 15) is 9.59 Å². The summed E-state index contributed by atoms with van der Waals surface area (Å²) in [6.45, 7) is 5.41. The number of nitrogens with zero attached hydrogens (tertiary/aromatic N) is 3. The molecule has 4 rings (SSSR count). The van der Waals surface area contributed by atoms with Crippen LogP contribution in [0.2, 0.25) is 0 Å². The van der Waals surface area contributed by atoms with Crippen LogP contribution in [0.5, 0.6) is 0 Å². The number of imidazole rings is 1. The van der Waals surface area contributed by atoms with E-state index in [0.717, 1.165) is 42.8 Å². The Labute approximate surface area is 169 Å². The lowest BCUT2D eigenvalue weighted by atomic mass is 10.3. The maximum Gasteiger partial charge on any atom is 0.234 e. The van der Waals surface area contributed by atoms with Crippen molar-refractivity contribution in [3.05, 3.63) is 30.1 Å². The predicted octanol–water partition coefficient (Wildman–Crippen LogP) is 1.78. The summed E-state index contributed by atoms with van der Waals surface area (Å²) in [5.41, 5.74) is 1.98. The molecule has 2 aliphatic rings. The van der Waals surface area contributed by atoms with Crippen LogP contribution in [0.15, 0.2) is 24.3 Å². The SMILES string of the molecule is CC(SCC(=O)N1CCN(CC(=O)NC2CC2)CC1)c1nc2ccccc2[nH]1. The van der Waals surface area contributed by atoms with Gasteiger partial charge >= 0.3 is 0 Å². The van der Waals surface area contributed by atoms with E-state index in [1.807, 2.05) is 29.2 Å². The molecule has 28 heavy (non-hydrogen) atoms. The number of aromatic nitrogens is 2. The summed E-state index contributed by atoms with van der Waals surface area (Å²) in [5.74, 6) is 1.62. The summed E-state index contributed by atoms with van der Waals surface area (Å²) in [5, 5.41) is 3.15. The molecule has 2 aromatic rings. The fourth-order valence-corrected chi connectivity index (χ4v) is 4.24. The maximum atomic E-state index is 12.6. The topological polar surface area (TPSA) is 81.3 Å². The minimum Gasteiger partial charge on any atom is -0.352 e. The van der Waals surface area contributed by atoms with E-state index in [4.69, 9.17) is 0 Å². The molecule has 1 atom stereocenters. The van der Waals surface area contributed by atoms with Crippen LogP contribution in [0.1, 0.15) is 30.8 Å². The fraction of sp³-hybridized carbons (Fsp3) is 0.550. The number of aromatic amines is 1. The molecule has 1 aliphatic heterocycles. The summed E-state index contributed by atoms with van der Waals surface area (Å²) in [7, 11) is 0. The van der Waals surface area contributed by atoms with Crippen LogP contribution in [0.3, 0.4) is 0 Å². The Morgan fingerprint density at radius 2 is 2.00 bits per heavy atom. The lowest BCUT2D eigenvalue weighted by Crippen LogP contribution is -2.51. The number of piperazine rings is 1. The number of thioether (sulfide) groups is 1. The maximum absolute atomic E-state index is 12.6. The van der Waals surface area contributed by atoms with Gasteiger partial charge in [0.15, 0.2) is 0 Å². The van der Waals surface area contributed by atoms with E-state index < -0.39 is 0 Å². The van der Waals surface area contributed by atoms with Gasteiger partial charge in [-0.15, -0.1) is 11.8 Å². The third-order valence-electron chi connectivity index (χ3n) is 5.28. The number of carbonyl (C=O) groups is 2. The highest BCUT2D eigenvalue weighted by Crippen LogP contribution is 2.28. The first kappa shape index (κ1) is 19.3. The van der Waals surface area contributed by atoms with E-state index in [2.05, 4.69) is 27.1 Å². The first-order valence-corrected chi connectivity index (χ1v) is 11.0. The quantitative estimate of drug-likeness (QED) is 0.739. The molecule has 1 aliphatic carbocycles. The largest absolute Gasteiger partial charge is 0.352 e. The molecular formula is C20H27N5O2S. The van der Waals surface area contributed by atoms with Crippen LogP contribution in [-0.4, -0.2) is 76.1 Å². The second kappa shape index (κ2) is 8.53. The Bertz CT molecular complexity index is 809. The van der Waals surface area contributed by atoms with Gasteiger partial charge in [-0.05, 0) is 31.9 Å². The average Bonchev–Trinajstić information content (AvgIpc) is 3.40. The highest BCUT2D eigenvalue weighted by molar-refractivity contribution is 8.00. The van der Waals surface area contributed by atoms with Crippen molar-refractivity contribution in [1.82, 2.24) is 25.1 Å². The predicted molar refractivity (Wildman–Crippen MR) is 111 cm³/mol. The zero-order valence-electron chi connectivity index (χ0n) is 16.2. The lowest BCUT2D eigenvalue weighted by molar-refractivity contribution is -0.130. The Balaban J connectivity index is 1.20. The lowest BCUT2D eigenvalue weighted by Gasteiger charge is -2.34. The van der Waals surface area contributed by atoms with Crippen molar-refractivity contribution in [3.63, 3.8) is 0 Å².